The van der Waals surface area contributed by atoms with Crippen molar-refractivity contribution in [3.8, 4) is 0 Å². The minimum atomic E-state index is -0.531. The van der Waals surface area contributed by atoms with Gasteiger partial charge in [-0.15, -0.1) is 11.3 Å². The number of methoxy groups -OCH3 is 1. The first-order valence-electron chi connectivity index (χ1n) is 9.26. The van der Waals surface area contributed by atoms with Gasteiger partial charge in [-0.1, -0.05) is 19.3 Å². The lowest BCUT2D eigenvalue weighted by Gasteiger charge is -2.20. The van der Waals surface area contributed by atoms with Gasteiger partial charge in [0.1, 0.15) is 5.00 Å². The van der Waals surface area contributed by atoms with Gasteiger partial charge >= 0.3 is 5.97 Å². The molecule has 1 fully saturated rings. The quantitative estimate of drug-likeness (QED) is 0.761. The minimum Gasteiger partial charge on any atom is -0.465 e. The molecule has 1 N–H and O–H groups in total. The summed E-state index contributed by atoms with van der Waals surface area (Å²) < 4.78 is 4.88. The number of hydrogen-bond acceptors (Lipinski definition) is 5. The molecule has 0 saturated heterocycles. The lowest BCUT2D eigenvalue weighted by molar-refractivity contribution is -0.120. The van der Waals surface area contributed by atoms with Crippen molar-refractivity contribution in [3.63, 3.8) is 0 Å². The Balaban J connectivity index is 2.34. The molecular formula is C19H28N2O4S. The molecule has 2 amide bonds. The van der Waals surface area contributed by atoms with Gasteiger partial charge in [-0.25, -0.2) is 4.79 Å². The molecule has 7 heteroatoms. The number of hydrogen-bond donors (Lipinski definition) is 1. The summed E-state index contributed by atoms with van der Waals surface area (Å²) >= 11 is 1.17. The van der Waals surface area contributed by atoms with Gasteiger partial charge in [0.15, 0.2) is 0 Å². The van der Waals surface area contributed by atoms with Gasteiger partial charge < -0.3 is 15.0 Å². The van der Waals surface area contributed by atoms with Crippen molar-refractivity contribution in [2.45, 2.75) is 52.9 Å². The first-order valence-corrected chi connectivity index (χ1v) is 10.1. The fraction of sp³-hybridized carbons (Fsp3) is 0.632. The Bertz CT molecular complexity index is 673. The number of amides is 2. The molecular weight excluding hydrogens is 352 g/mol. The van der Waals surface area contributed by atoms with Crippen LogP contribution in [0.5, 0.6) is 0 Å². The summed E-state index contributed by atoms with van der Waals surface area (Å²) in [5, 5.41) is 3.31. The van der Waals surface area contributed by atoms with E-state index in [4.69, 9.17) is 4.74 Å². The molecule has 0 radical (unpaired) electrons. The molecule has 1 heterocycles. The summed E-state index contributed by atoms with van der Waals surface area (Å²) in [5.74, 6) is -0.756. The Morgan fingerprint density at radius 1 is 1.15 bits per heavy atom. The summed E-state index contributed by atoms with van der Waals surface area (Å²) in [4.78, 5) is 39.8. The molecule has 1 saturated carbocycles. The van der Waals surface area contributed by atoms with E-state index in [1.807, 2.05) is 13.8 Å². The van der Waals surface area contributed by atoms with Crippen LogP contribution < -0.4 is 5.32 Å². The lowest BCUT2D eigenvalue weighted by Crippen LogP contribution is -2.30. The summed E-state index contributed by atoms with van der Waals surface area (Å²) in [5.41, 5.74) is 0.856. The van der Waals surface area contributed by atoms with Crippen molar-refractivity contribution >= 4 is 34.1 Å². The average Bonchev–Trinajstić information content (AvgIpc) is 2.98. The summed E-state index contributed by atoms with van der Waals surface area (Å²) in [6.07, 6.45) is 5.01. The van der Waals surface area contributed by atoms with Gasteiger partial charge in [0.25, 0.3) is 5.91 Å². The number of ether oxygens (including phenoxy) is 1. The number of thiophene rings is 1. The molecule has 0 atom stereocenters. The van der Waals surface area contributed by atoms with E-state index in [0.717, 1.165) is 32.1 Å². The molecule has 6 nitrogen and oxygen atoms in total. The smallest absolute Gasteiger partial charge is 0.341 e. The van der Waals surface area contributed by atoms with E-state index in [0.29, 0.717) is 28.5 Å². The zero-order valence-corrected chi connectivity index (χ0v) is 16.8. The molecule has 2 rings (SSSR count). The molecule has 1 aromatic heterocycles. The highest BCUT2D eigenvalue weighted by molar-refractivity contribution is 7.18. The average molecular weight is 381 g/mol. The Kier molecular flexibility index (Phi) is 7.20. The first kappa shape index (κ1) is 20.4. The number of carbonyl (C=O) groups excluding carboxylic acids is 3. The molecule has 1 aromatic rings. The van der Waals surface area contributed by atoms with Crippen LogP contribution in [-0.4, -0.2) is 42.9 Å². The summed E-state index contributed by atoms with van der Waals surface area (Å²) in [6.45, 7) is 6.73. The van der Waals surface area contributed by atoms with Crippen LogP contribution in [0, 0.1) is 12.8 Å². The van der Waals surface area contributed by atoms with E-state index in [1.54, 1.807) is 11.8 Å². The zero-order valence-electron chi connectivity index (χ0n) is 16.0. The molecule has 1 aliphatic carbocycles. The second-order valence-electron chi connectivity index (χ2n) is 6.55. The van der Waals surface area contributed by atoms with Crippen molar-refractivity contribution in [2.24, 2.45) is 5.92 Å². The third-order valence-corrected chi connectivity index (χ3v) is 6.19. The highest BCUT2D eigenvalue weighted by atomic mass is 32.1. The second kappa shape index (κ2) is 9.16. The zero-order chi connectivity index (χ0) is 19.3. The molecule has 0 aromatic carbocycles. The van der Waals surface area contributed by atoms with E-state index in [-0.39, 0.29) is 23.3 Å². The van der Waals surface area contributed by atoms with Crippen molar-refractivity contribution < 1.29 is 19.1 Å². The standard InChI is InChI=1S/C19H28N2O4S/c1-5-21(6-2)18(23)15-12(3)14(19(24)25-4)17(26-15)20-16(22)13-10-8-7-9-11-13/h13H,5-11H2,1-4H3,(H,20,22). The van der Waals surface area contributed by atoms with Gasteiger partial charge in [0, 0.05) is 19.0 Å². The SMILES string of the molecule is CCN(CC)C(=O)c1sc(NC(=O)C2CCCCC2)c(C(=O)OC)c1C. The maximum absolute atomic E-state index is 12.8. The normalized spacial score (nSPS) is 14.8. The van der Waals surface area contributed by atoms with Crippen molar-refractivity contribution in [2.75, 3.05) is 25.5 Å². The third-order valence-electron chi connectivity index (χ3n) is 4.99. The van der Waals surface area contributed by atoms with Gasteiger partial charge in [0.05, 0.1) is 17.6 Å². The topological polar surface area (TPSA) is 75.7 Å². The van der Waals surface area contributed by atoms with Gasteiger partial charge in [0.2, 0.25) is 5.91 Å². The van der Waals surface area contributed by atoms with E-state index in [1.165, 1.54) is 18.4 Å². The molecule has 0 unspecified atom stereocenters. The maximum atomic E-state index is 12.8. The number of carbonyl (C=O) groups is 3. The highest BCUT2D eigenvalue weighted by Gasteiger charge is 2.29. The Morgan fingerprint density at radius 2 is 1.77 bits per heavy atom. The number of esters is 1. The molecule has 0 bridgehead atoms. The number of rotatable bonds is 6. The maximum Gasteiger partial charge on any atom is 0.341 e. The van der Waals surface area contributed by atoms with Gasteiger partial charge in [-0.3, -0.25) is 9.59 Å². The van der Waals surface area contributed by atoms with Crippen LogP contribution in [0.15, 0.2) is 0 Å². The van der Waals surface area contributed by atoms with Crippen LogP contribution in [0.2, 0.25) is 0 Å². The minimum absolute atomic E-state index is 0.0291. The fourth-order valence-corrected chi connectivity index (χ4v) is 4.55. The van der Waals surface area contributed by atoms with Crippen LogP contribution in [-0.2, 0) is 9.53 Å². The summed E-state index contributed by atoms with van der Waals surface area (Å²) in [7, 11) is 1.30. The fourth-order valence-electron chi connectivity index (χ4n) is 3.39. The number of nitrogens with one attached hydrogen (secondary N) is 1. The van der Waals surface area contributed by atoms with Gasteiger partial charge in [-0.2, -0.15) is 0 Å². The second-order valence-corrected chi connectivity index (χ2v) is 7.57. The molecule has 0 spiro atoms. The van der Waals surface area contributed by atoms with E-state index >= 15 is 0 Å². The molecule has 26 heavy (non-hydrogen) atoms. The van der Waals surface area contributed by atoms with Crippen LogP contribution in [0.1, 0.15) is 71.5 Å². The van der Waals surface area contributed by atoms with Crippen molar-refractivity contribution in [3.05, 3.63) is 16.0 Å². The Hall–Kier alpha value is -1.89. The lowest BCUT2D eigenvalue weighted by atomic mass is 9.89. The predicted molar refractivity (Wildman–Crippen MR) is 103 cm³/mol. The third kappa shape index (κ3) is 4.26. The van der Waals surface area contributed by atoms with Crippen LogP contribution in [0.4, 0.5) is 5.00 Å². The molecule has 0 aliphatic heterocycles. The molecule has 144 valence electrons. The van der Waals surface area contributed by atoms with Gasteiger partial charge in [-0.05, 0) is 39.2 Å². The Morgan fingerprint density at radius 3 is 2.31 bits per heavy atom. The number of nitrogens with zero attached hydrogens (tertiary/aromatic N) is 1. The monoisotopic (exact) mass is 380 g/mol. The largest absolute Gasteiger partial charge is 0.465 e. The van der Waals surface area contributed by atoms with Crippen LogP contribution in [0.3, 0.4) is 0 Å². The van der Waals surface area contributed by atoms with Crippen molar-refractivity contribution in [1.29, 1.82) is 0 Å². The number of anilines is 1. The van der Waals surface area contributed by atoms with Crippen LogP contribution >= 0.6 is 11.3 Å². The molecule has 1 aliphatic rings. The highest BCUT2D eigenvalue weighted by Crippen LogP contribution is 2.35. The Labute approximate surface area is 158 Å². The van der Waals surface area contributed by atoms with Crippen LogP contribution in [0.25, 0.3) is 0 Å². The predicted octanol–water partition coefficient (Wildman–Crippen LogP) is 3.84. The summed E-state index contributed by atoms with van der Waals surface area (Å²) in [6, 6.07) is 0. The van der Waals surface area contributed by atoms with E-state index < -0.39 is 5.97 Å². The van der Waals surface area contributed by atoms with Crippen molar-refractivity contribution in [1.82, 2.24) is 4.90 Å². The van der Waals surface area contributed by atoms with E-state index in [2.05, 4.69) is 5.32 Å². The van der Waals surface area contributed by atoms with E-state index in [9.17, 15) is 14.4 Å². The first-order chi connectivity index (χ1) is 12.4.